The number of benzene rings is 3. The quantitative estimate of drug-likeness (QED) is 0.227. The van der Waals surface area contributed by atoms with E-state index in [-0.39, 0.29) is 29.2 Å². The fourth-order valence-electron chi connectivity index (χ4n) is 5.99. The smallest absolute Gasteiger partial charge is 0.410 e. The van der Waals surface area contributed by atoms with Gasteiger partial charge in [-0.1, -0.05) is 54.6 Å². The number of carbonyl (C=O) groups excluding carboxylic acids is 2. The Labute approximate surface area is 246 Å². The number of primary amides is 1. The second-order valence-corrected chi connectivity index (χ2v) is 13.7. The summed E-state index contributed by atoms with van der Waals surface area (Å²) in [4.78, 5) is 30.3. The summed E-state index contributed by atoms with van der Waals surface area (Å²) < 4.78 is 36.1. The molecule has 4 aromatic rings. The normalized spacial score (nSPS) is 16.8. The first kappa shape index (κ1) is 29.4. The lowest BCUT2D eigenvalue weighted by Crippen LogP contribution is -2.43. The van der Waals surface area contributed by atoms with Gasteiger partial charge in [-0.2, -0.15) is 0 Å². The van der Waals surface area contributed by atoms with Crippen LogP contribution >= 0.6 is 0 Å². The SMILES string of the molecule is CC(C)(C)OC(=O)N1CCCC(CC(CC(N)=O)c2c(NS(=O)(=O)c3cccc4ccccc34)[nH]c3ccccc23)C1. The number of carbonyl (C=O) groups is 2. The van der Waals surface area contributed by atoms with Gasteiger partial charge in [0.2, 0.25) is 5.91 Å². The van der Waals surface area contributed by atoms with E-state index in [1.165, 1.54) is 0 Å². The Morgan fingerprint density at radius 1 is 1.05 bits per heavy atom. The molecular formula is C32H38N4O5S. The molecule has 0 bridgehead atoms. The van der Waals surface area contributed by atoms with Gasteiger partial charge in [0.05, 0.1) is 4.90 Å². The van der Waals surface area contributed by atoms with Crippen LogP contribution in [0.4, 0.5) is 10.6 Å². The molecule has 42 heavy (non-hydrogen) atoms. The molecule has 1 aromatic heterocycles. The van der Waals surface area contributed by atoms with Crippen LogP contribution in [-0.4, -0.2) is 49.0 Å². The number of likely N-dealkylation sites (tertiary alicyclic amines) is 1. The van der Waals surface area contributed by atoms with Gasteiger partial charge in [0, 0.05) is 41.4 Å². The number of sulfonamides is 1. The molecule has 0 radical (unpaired) electrons. The number of fused-ring (bicyclic) bond motifs is 2. The monoisotopic (exact) mass is 590 g/mol. The van der Waals surface area contributed by atoms with E-state index in [1.807, 2.05) is 69.3 Å². The first-order valence-electron chi connectivity index (χ1n) is 14.3. The van der Waals surface area contributed by atoms with Crippen LogP contribution in [0.2, 0.25) is 0 Å². The molecule has 3 aromatic carbocycles. The van der Waals surface area contributed by atoms with E-state index in [0.717, 1.165) is 29.1 Å². The number of nitrogens with zero attached hydrogens (tertiary/aromatic N) is 1. The zero-order valence-corrected chi connectivity index (χ0v) is 25.0. The van der Waals surface area contributed by atoms with E-state index in [1.54, 1.807) is 23.1 Å². The van der Waals surface area contributed by atoms with Crippen LogP contribution in [-0.2, 0) is 19.6 Å². The Morgan fingerprint density at radius 2 is 1.74 bits per heavy atom. The van der Waals surface area contributed by atoms with Gasteiger partial charge in [-0.25, -0.2) is 13.2 Å². The number of nitrogens with two attached hydrogens (primary N) is 1. The summed E-state index contributed by atoms with van der Waals surface area (Å²) in [7, 11) is -4.01. The van der Waals surface area contributed by atoms with Crippen LogP contribution in [0.5, 0.6) is 0 Å². The predicted molar refractivity (Wildman–Crippen MR) is 165 cm³/mol. The molecule has 0 saturated carbocycles. The topological polar surface area (TPSA) is 135 Å². The third kappa shape index (κ3) is 6.54. The minimum atomic E-state index is -4.01. The lowest BCUT2D eigenvalue weighted by Gasteiger charge is -2.35. The van der Waals surface area contributed by atoms with Gasteiger partial charge in [-0.3, -0.25) is 9.52 Å². The predicted octanol–water partition coefficient (Wildman–Crippen LogP) is 6.12. The zero-order chi connectivity index (χ0) is 30.1. The minimum Gasteiger partial charge on any atom is -0.444 e. The number of para-hydroxylation sites is 1. The molecule has 2 unspecified atom stereocenters. The molecule has 0 spiro atoms. The number of aromatic nitrogens is 1. The summed E-state index contributed by atoms with van der Waals surface area (Å²) in [5.41, 5.74) is 6.60. The van der Waals surface area contributed by atoms with Crippen LogP contribution in [0.1, 0.15) is 57.9 Å². The van der Waals surface area contributed by atoms with Crippen molar-refractivity contribution < 1.29 is 22.7 Å². The maximum atomic E-state index is 13.8. The Bertz CT molecular complexity index is 1720. The van der Waals surface area contributed by atoms with Crippen molar-refractivity contribution in [3.63, 3.8) is 0 Å². The maximum absolute atomic E-state index is 13.8. The first-order chi connectivity index (χ1) is 19.9. The molecule has 0 aliphatic carbocycles. The highest BCUT2D eigenvalue weighted by Gasteiger charge is 2.32. The lowest BCUT2D eigenvalue weighted by molar-refractivity contribution is -0.118. The number of ether oxygens (including phenoxy) is 1. The number of amides is 2. The number of rotatable bonds is 8. The van der Waals surface area contributed by atoms with E-state index in [4.69, 9.17) is 10.5 Å². The van der Waals surface area contributed by atoms with Crippen molar-refractivity contribution in [1.82, 2.24) is 9.88 Å². The van der Waals surface area contributed by atoms with Crippen molar-refractivity contribution in [2.45, 2.75) is 62.9 Å². The Hall–Kier alpha value is -4.05. The number of piperidine rings is 1. The average Bonchev–Trinajstić information content (AvgIpc) is 3.28. The van der Waals surface area contributed by atoms with E-state index in [0.29, 0.717) is 36.3 Å². The van der Waals surface area contributed by atoms with Crippen molar-refractivity contribution in [3.8, 4) is 0 Å². The van der Waals surface area contributed by atoms with Crippen LogP contribution in [0, 0.1) is 5.92 Å². The van der Waals surface area contributed by atoms with E-state index in [9.17, 15) is 18.0 Å². The second kappa shape index (κ2) is 11.7. The largest absolute Gasteiger partial charge is 0.444 e. The molecular weight excluding hydrogens is 552 g/mol. The van der Waals surface area contributed by atoms with Gasteiger partial charge < -0.3 is 20.4 Å². The van der Waals surface area contributed by atoms with Gasteiger partial charge in [-0.05, 0) is 69.4 Å². The fraction of sp³-hybridized carbons (Fsp3) is 0.375. The summed E-state index contributed by atoms with van der Waals surface area (Å²) >= 11 is 0. The number of nitrogens with one attached hydrogen (secondary N) is 2. The highest BCUT2D eigenvalue weighted by molar-refractivity contribution is 7.93. The minimum absolute atomic E-state index is 0.0355. The van der Waals surface area contributed by atoms with Gasteiger partial charge in [0.25, 0.3) is 10.0 Å². The highest BCUT2D eigenvalue weighted by Crippen LogP contribution is 2.41. The summed E-state index contributed by atoms with van der Waals surface area (Å²) in [6.07, 6.45) is 1.91. The van der Waals surface area contributed by atoms with Gasteiger partial charge >= 0.3 is 6.09 Å². The fourth-order valence-corrected chi connectivity index (χ4v) is 7.26. The van der Waals surface area contributed by atoms with E-state index < -0.39 is 21.5 Å². The van der Waals surface area contributed by atoms with Crippen molar-refractivity contribution in [1.29, 1.82) is 0 Å². The molecule has 4 N–H and O–H groups in total. The molecule has 1 aliphatic rings. The number of anilines is 1. The number of hydrogen-bond donors (Lipinski definition) is 3. The second-order valence-electron chi connectivity index (χ2n) is 12.1. The van der Waals surface area contributed by atoms with E-state index in [2.05, 4.69) is 9.71 Å². The molecule has 2 heterocycles. The molecule has 9 nitrogen and oxygen atoms in total. The summed E-state index contributed by atoms with van der Waals surface area (Å²) in [6, 6.07) is 20.1. The van der Waals surface area contributed by atoms with Crippen LogP contribution in [0.25, 0.3) is 21.7 Å². The Morgan fingerprint density at radius 3 is 2.48 bits per heavy atom. The Balaban J connectivity index is 1.50. The number of hydrogen-bond acceptors (Lipinski definition) is 5. The first-order valence-corrected chi connectivity index (χ1v) is 15.8. The van der Waals surface area contributed by atoms with Gasteiger partial charge in [0.15, 0.2) is 0 Å². The van der Waals surface area contributed by atoms with Crippen molar-refractivity contribution in [3.05, 3.63) is 72.3 Å². The van der Waals surface area contributed by atoms with E-state index >= 15 is 0 Å². The van der Waals surface area contributed by atoms with Gasteiger partial charge in [0.1, 0.15) is 11.4 Å². The third-order valence-electron chi connectivity index (χ3n) is 7.67. The summed E-state index contributed by atoms with van der Waals surface area (Å²) in [5, 5.41) is 2.25. The van der Waals surface area contributed by atoms with Crippen molar-refractivity contribution in [2.75, 3.05) is 17.8 Å². The average molecular weight is 591 g/mol. The summed E-state index contributed by atoms with van der Waals surface area (Å²) in [6.45, 7) is 6.62. The van der Waals surface area contributed by atoms with Crippen molar-refractivity contribution >= 4 is 49.5 Å². The third-order valence-corrected chi connectivity index (χ3v) is 9.07. The summed E-state index contributed by atoms with van der Waals surface area (Å²) in [5.74, 6) is -0.470. The van der Waals surface area contributed by atoms with Gasteiger partial charge in [-0.15, -0.1) is 0 Å². The molecule has 1 aliphatic heterocycles. The molecule has 222 valence electrons. The molecule has 5 rings (SSSR count). The molecule has 1 fully saturated rings. The van der Waals surface area contributed by atoms with Crippen LogP contribution < -0.4 is 10.5 Å². The molecule has 2 atom stereocenters. The maximum Gasteiger partial charge on any atom is 0.410 e. The zero-order valence-electron chi connectivity index (χ0n) is 24.2. The van der Waals surface area contributed by atoms with Crippen molar-refractivity contribution in [2.24, 2.45) is 11.7 Å². The lowest BCUT2D eigenvalue weighted by atomic mass is 9.82. The van der Waals surface area contributed by atoms with Crippen LogP contribution in [0.3, 0.4) is 0 Å². The molecule has 1 saturated heterocycles. The molecule has 2 amide bonds. The number of aromatic amines is 1. The number of H-pyrrole nitrogens is 1. The standard InChI is InChI=1S/C32H38N4O5S/c1-32(2,3)41-31(38)36-17-9-10-21(20-36)18-23(19-28(33)37)29-25-14-6-7-15-26(25)34-30(29)35-42(39,40)27-16-8-12-22-11-4-5-13-24(22)27/h4-8,11-16,21,23,34-35H,9-10,17-20H2,1-3H3,(H2,33,37). The van der Waals surface area contributed by atoms with Crippen LogP contribution in [0.15, 0.2) is 71.6 Å². The highest BCUT2D eigenvalue weighted by atomic mass is 32.2. The Kier molecular flexibility index (Phi) is 8.19. The molecule has 10 heteroatoms.